The number of nitrogens with one attached hydrogen (secondary N) is 1. The Labute approximate surface area is 131 Å². The molecule has 0 spiro atoms. The Morgan fingerprint density at radius 1 is 1.14 bits per heavy atom. The van der Waals surface area contributed by atoms with Gasteiger partial charge in [-0.1, -0.05) is 15.9 Å². The van der Waals surface area contributed by atoms with Crippen molar-refractivity contribution >= 4 is 39.1 Å². The Kier molecular flexibility index (Phi) is 4.70. The fourth-order valence-corrected chi connectivity index (χ4v) is 2.03. The number of ketones is 1. The zero-order chi connectivity index (χ0) is 15.4. The Morgan fingerprint density at radius 3 is 2.43 bits per heavy atom. The third-order valence-electron chi connectivity index (χ3n) is 2.77. The van der Waals surface area contributed by atoms with Crippen LogP contribution >= 0.6 is 15.9 Å². The lowest BCUT2D eigenvalue weighted by atomic mass is 10.1. The van der Waals surface area contributed by atoms with Gasteiger partial charge in [0.2, 0.25) is 0 Å². The number of nitrogens with zero attached hydrogens (tertiary/aromatic N) is 2. The smallest absolute Gasteiger partial charge is 0.296 e. The number of pyridine rings is 1. The van der Waals surface area contributed by atoms with Gasteiger partial charge in [-0.15, -0.1) is 0 Å². The zero-order valence-electron chi connectivity index (χ0n) is 11.6. The fourth-order valence-electron chi connectivity index (χ4n) is 1.76. The van der Waals surface area contributed by atoms with Crippen molar-refractivity contribution < 1.29 is 9.59 Å². The maximum atomic E-state index is 12.1. The largest absolute Gasteiger partial charge is 0.361 e. The maximum absolute atomic E-state index is 12.1. The molecular formula is C15H14BrN3O2. The molecule has 1 heterocycles. The average Bonchev–Trinajstić information content (AvgIpc) is 2.47. The second kappa shape index (κ2) is 6.49. The first-order chi connectivity index (χ1) is 9.99. The molecular weight excluding hydrogens is 334 g/mol. The van der Waals surface area contributed by atoms with Crippen molar-refractivity contribution in [3.63, 3.8) is 0 Å². The number of hydrogen-bond donors (Lipinski definition) is 1. The van der Waals surface area contributed by atoms with Gasteiger partial charge in [-0.25, -0.2) is 4.98 Å². The molecule has 2 rings (SSSR count). The molecule has 0 fully saturated rings. The second-order valence-corrected chi connectivity index (χ2v) is 5.47. The van der Waals surface area contributed by atoms with Crippen LogP contribution in [0.5, 0.6) is 0 Å². The summed E-state index contributed by atoms with van der Waals surface area (Å²) >= 11 is 3.29. The molecule has 21 heavy (non-hydrogen) atoms. The van der Waals surface area contributed by atoms with Crippen molar-refractivity contribution in [1.29, 1.82) is 0 Å². The first kappa shape index (κ1) is 15.2. The van der Waals surface area contributed by atoms with Crippen LogP contribution in [0.3, 0.4) is 0 Å². The van der Waals surface area contributed by atoms with Gasteiger partial charge in [-0.2, -0.15) is 0 Å². The van der Waals surface area contributed by atoms with E-state index < -0.39 is 11.7 Å². The van der Waals surface area contributed by atoms with E-state index in [2.05, 4.69) is 26.2 Å². The number of anilines is 2. The van der Waals surface area contributed by atoms with Gasteiger partial charge >= 0.3 is 0 Å². The summed E-state index contributed by atoms with van der Waals surface area (Å²) in [6.45, 7) is 0. The van der Waals surface area contributed by atoms with Gasteiger partial charge in [0.15, 0.2) is 5.82 Å². The molecule has 0 radical (unpaired) electrons. The predicted molar refractivity (Wildman–Crippen MR) is 85.7 cm³/mol. The van der Waals surface area contributed by atoms with E-state index in [9.17, 15) is 9.59 Å². The minimum absolute atomic E-state index is 0.339. The van der Waals surface area contributed by atoms with E-state index in [1.807, 2.05) is 14.1 Å². The van der Waals surface area contributed by atoms with Crippen LogP contribution in [0, 0.1) is 0 Å². The number of Topliss-reactive ketones (excluding diaryl/α,β-unsaturated/α-hetero) is 1. The molecule has 5 nitrogen and oxygen atoms in total. The Morgan fingerprint density at radius 2 is 1.81 bits per heavy atom. The lowest BCUT2D eigenvalue weighted by Crippen LogP contribution is -2.24. The third-order valence-corrected chi connectivity index (χ3v) is 3.30. The molecule has 1 aromatic carbocycles. The Bertz CT molecular complexity index is 669. The van der Waals surface area contributed by atoms with Crippen LogP contribution in [0.15, 0.2) is 47.1 Å². The van der Waals surface area contributed by atoms with Gasteiger partial charge in [-0.3, -0.25) is 9.59 Å². The minimum Gasteiger partial charge on any atom is -0.361 e. The van der Waals surface area contributed by atoms with E-state index in [1.165, 1.54) is 0 Å². The van der Waals surface area contributed by atoms with E-state index in [4.69, 9.17) is 0 Å². The van der Waals surface area contributed by atoms with Crippen LogP contribution in [0.4, 0.5) is 11.5 Å². The lowest BCUT2D eigenvalue weighted by Gasteiger charge is -2.15. The molecule has 108 valence electrons. The number of carbonyl (C=O) groups is 2. The molecule has 0 aliphatic rings. The quantitative estimate of drug-likeness (QED) is 0.682. The SMILES string of the molecule is CN(C)c1ncccc1NC(=O)C(=O)c1ccc(Br)cc1. The van der Waals surface area contributed by atoms with Crippen LogP contribution in [0.25, 0.3) is 0 Å². The van der Waals surface area contributed by atoms with Crippen LogP contribution in [0.1, 0.15) is 10.4 Å². The molecule has 0 saturated carbocycles. The fraction of sp³-hybridized carbons (Fsp3) is 0.133. The number of halogens is 1. The van der Waals surface area contributed by atoms with Crippen molar-refractivity contribution in [2.75, 3.05) is 24.3 Å². The van der Waals surface area contributed by atoms with Gasteiger partial charge in [0.1, 0.15) is 0 Å². The van der Waals surface area contributed by atoms with Crippen LogP contribution in [-0.2, 0) is 4.79 Å². The van der Waals surface area contributed by atoms with Gasteiger partial charge in [0.05, 0.1) is 5.69 Å². The summed E-state index contributed by atoms with van der Waals surface area (Å²) in [5, 5.41) is 2.60. The molecule has 1 aromatic heterocycles. The number of rotatable bonds is 4. The molecule has 1 N–H and O–H groups in total. The van der Waals surface area contributed by atoms with Gasteiger partial charge in [0.25, 0.3) is 11.7 Å². The van der Waals surface area contributed by atoms with Crippen molar-refractivity contribution in [3.05, 3.63) is 52.6 Å². The van der Waals surface area contributed by atoms with Crippen molar-refractivity contribution in [2.45, 2.75) is 0 Å². The molecule has 2 aromatic rings. The van der Waals surface area contributed by atoms with Gasteiger partial charge < -0.3 is 10.2 Å². The highest BCUT2D eigenvalue weighted by molar-refractivity contribution is 9.10. The van der Waals surface area contributed by atoms with Gasteiger partial charge in [0, 0.05) is 30.3 Å². The molecule has 0 aliphatic heterocycles. The summed E-state index contributed by atoms with van der Waals surface area (Å²) in [4.78, 5) is 30.1. The summed E-state index contributed by atoms with van der Waals surface area (Å²) in [6, 6.07) is 10.0. The monoisotopic (exact) mass is 347 g/mol. The first-order valence-electron chi connectivity index (χ1n) is 6.22. The topological polar surface area (TPSA) is 62.3 Å². The second-order valence-electron chi connectivity index (χ2n) is 4.56. The first-order valence-corrected chi connectivity index (χ1v) is 7.02. The maximum Gasteiger partial charge on any atom is 0.296 e. The number of aromatic nitrogens is 1. The Hall–Kier alpha value is -2.21. The molecule has 0 unspecified atom stereocenters. The van der Waals surface area contributed by atoms with E-state index >= 15 is 0 Å². The summed E-state index contributed by atoms with van der Waals surface area (Å²) in [5.41, 5.74) is 0.837. The van der Waals surface area contributed by atoms with Gasteiger partial charge in [-0.05, 0) is 36.4 Å². The molecule has 0 bridgehead atoms. The standard InChI is InChI=1S/C15H14BrN3O2/c1-19(2)14-12(4-3-9-17-14)18-15(21)13(20)10-5-7-11(16)8-6-10/h3-9H,1-2H3,(H,18,21). The highest BCUT2D eigenvalue weighted by atomic mass is 79.9. The highest BCUT2D eigenvalue weighted by Crippen LogP contribution is 2.20. The summed E-state index contributed by atoms with van der Waals surface area (Å²) in [6.07, 6.45) is 1.63. The number of benzene rings is 1. The summed E-state index contributed by atoms with van der Waals surface area (Å²) in [5.74, 6) is -0.682. The normalized spacial score (nSPS) is 10.0. The number of carbonyl (C=O) groups excluding carboxylic acids is 2. The summed E-state index contributed by atoms with van der Waals surface area (Å²) in [7, 11) is 3.63. The lowest BCUT2D eigenvalue weighted by molar-refractivity contribution is -0.112. The molecule has 0 atom stereocenters. The Balaban J connectivity index is 2.18. The van der Waals surface area contributed by atoms with E-state index in [-0.39, 0.29) is 0 Å². The number of amides is 1. The molecule has 6 heteroatoms. The highest BCUT2D eigenvalue weighted by Gasteiger charge is 2.18. The molecule has 0 aliphatic carbocycles. The van der Waals surface area contributed by atoms with Crippen molar-refractivity contribution in [2.24, 2.45) is 0 Å². The predicted octanol–water partition coefficient (Wildman–Crippen LogP) is 2.73. The van der Waals surface area contributed by atoms with Crippen LogP contribution < -0.4 is 10.2 Å². The molecule has 1 amide bonds. The minimum atomic E-state index is -0.687. The van der Waals surface area contributed by atoms with E-state index in [1.54, 1.807) is 47.5 Å². The van der Waals surface area contributed by atoms with E-state index in [0.29, 0.717) is 17.1 Å². The van der Waals surface area contributed by atoms with Crippen LogP contribution in [-0.4, -0.2) is 30.8 Å². The van der Waals surface area contributed by atoms with Crippen molar-refractivity contribution in [1.82, 2.24) is 4.98 Å². The van der Waals surface area contributed by atoms with Crippen LogP contribution in [0.2, 0.25) is 0 Å². The average molecular weight is 348 g/mol. The number of hydrogen-bond acceptors (Lipinski definition) is 4. The zero-order valence-corrected chi connectivity index (χ0v) is 13.2. The van der Waals surface area contributed by atoms with Crippen molar-refractivity contribution in [3.8, 4) is 0 Å². The third kappa shape index (κ3) is 3.66. The summed E-state index contributed by atoms with van der Waals surface area (Å²) < 4.78 is 0.849. The molecule has 0 saturated heterocycles. The van der Waals surface area contributed by atoms with E-state index in [0.717, 1.165) is 4.47 Å².